The summed E-state index contributed by atoms with van der Waals surface area (Å²) in [6.07, 6.45) is 0. The van der Waals surface area contributed by atoms with E-state index in [1.807, 2.05) is 0 Å². The van der Waals surface area contributed by atoms with Crippen LogP contribution >= 0.6 is 0 Å². The second kappa shape index (κ2) is 5.94. The highest BCUT2D eigenvalue weighted by atomic mass is 14.9. The van der Waals surface area contributed by atoms with Gasteiger partial charge >= 0.3 is 0 Å². The smallest absolute Gasteiger partial charge is 0.0215 e. The van der Waals surface area contributed by atoms with E-state index in [0.29, 0.717) is 0 Å². The molecule has 2 N–H and O–H groups in total. The van der Waals surface area contributed by atoms with Crippen molar-refractivity contribution in [1.82, 2.24) is 10.6 Å². The first-order chi connectivity index (χ1) is 12.1. The molecule has 138 valence electrons. The molecular weight excluding hydrogens is 316 g/mol. The van der Waals surface area contributed by atoms with Crippen LogP contribution in [-0.2, 0) is 37.0 Å². The van der Waals surface area contributed by atoms with Crippen molar-refractivity contribution in [3.05, 3.63) is 57.6 Å². The lowest BCUT2D eigenvalue weighted by Crippen LogP contribution is -2.18. The largest absolute Gasteiger partial charge is 0.309 e. The van der Waals surface area contributed by atoms with Crippen LogP contribution in [0, 0.1) is 0 Å². The molecule has 0 aromatic heterocycles. The van der Waals surface area contributed by atoms with Crippen LogP contribution in [0.15, 0.2) is 24.3 Å². The van der Waals surface area contributed by atoms with E-state index in [0.717, 1.165) is 26.2 Å². The molecule has 2 heterocycles. The number of hydrogen-bond acceptors (Lipinski definition) is 2. The normalized spacial score (nSPS) is 16.7. The molecule has 2 aliphatic rings. The predicted octanol–water partition coefficient (Wildman–Crippen LogP) is 5.16. The highest BCUT2D eigenvalue weighted by Crippen LogP contribution is 2.41. The van der Waals surface area contributed by atoms with Crippen molar-refractivity contribution in [1.29, 1.82) is 0 Å². The van der Waals surface area contributed by atoms with Gasteiger partial charge in [-0.3, -0.25) is 0 Å². The van der Waals surface area contributed by atoms with E-state index in [1.165, 1.54) is 44.5 Å². The van der Waals surface area contributed by atoms with Gasteiger partial charge in [0.05, 0.1) is 0 Å². The van der Waals surface area contributed by atoms with Crippen LogP contribution in [0.25, 0.3) is 11.1 Å². The summed E-state index contributed by atoms with van der Waals surface area (Å²) in [6.45, 7) is 17.7. The fourth-order valence-electron chi connectivity index (χ4n) is 4.26. The monoisotopic (exact) mass is 348 g/mol. The van der Waals surface area contributed by atoms with Crippen LogP contribution in [0.3, 0.4) is 0 Å². The lowest BCUT2D eigenvalue weighted by Gasteiger charge is -2.25. The standard InChI is InChI=1S/C24H32N2/c1-23(2,3)19-7-15-11-25-13-17-9-20(24(4,5)6)10-18-14-26-12-16(8-19)21(15)22(17)18/h7-10,25-26H,11-14H2,1-6H3. The Morgan fingerprint density at radius 3 is 1.04 bits per heavy atom. The molecule has 2 aromatic rings. The van der Waals surface area contributed by atoms with E-state index in [9.17, 15) is 0 Å². The van der Waals surface area contributed by atoms with Gasteiger partial charge in [0.2, 0.25) is 0 Å². The molecule has 0 atom stereocenters. The van der Waals surface area contributed by atoms with Crippen molar-refractivity contribution >= 4 is 0 Å². The zero-order valence-electron chi connectivity index (χ0n) is 17.1. The molecule has 0 saturated carbocycles. The summed E-state index contributed by atoms with van der Waals surface area (Å²) in [5.74, 6) is 0. The van der Waals surface area contributed by atoms with Crippen LogP contribution < -0.4 is 10.6 Å². The summed E-state index contributed by atoms with van der Waals surface area (Å²) in [4.78, 5) is 0. The average Bonchev–Trinajstić information content (AvgIpc) is 2.83. The first-order valence-corrected chi connectivity index (χ1v) is 9.89. The second-order valence-electron chi connectivity index (χ2n) is 10.0. The van der Waals surface area contributed by atoms with E-state index < -0.39 is 0 Å². The van der Waals surface area contributed by atoms with E-state index >= 15 is 0 Å². The second-order valence-corrected chi connectivity index (χ2v) is 10.0. The fourth-order valence-corrected chi connectivity index (χ4v) is 4.26. The van der Waals surface area contributed by atoms with Gasteiger partial charge in [0.15, 0.2) is 0 Å². The van der Waals surface area contributed by atoms with Crippen LogP contribution in [0.2, 0.25) is 0 Å². The molecule has 0 bridgehead atoms. The van der Waals surface area contributed by atoms with Crippen LogP contribution in [0.1, 0.15) is 74.9 Å². The first-order valence-electron chi connectivity index (χ1n) is 9.89. The predicted molar refractivity (Wildman–Crippen MR) is 110 cm³/mol. The topological polar surface area (TPSA) is 24.1 Å². The van der Waals surface area contributed by atoms with E-state index in [1.54, 1.807) is 0 Å². The summed E-state index contributed by atoms with van der Waals surface area (Å²) in [5, 5.41) is 7.40. The lowest BCUT2D eigenvalue weighted by molar-refractivity contribution is 0.583. The van der Waals surface area contributed by atoms with Gasteiger partial charge < -0.3 is 10.6 Å². The molecule has 0 saturated heterocycles. The maximum atomic E-state index is 3.70. The Kier molecular flexibility index (Phi) is 4.05. The van der Waals surface area contributed by atoms with Crippen molar-refractivity contribution in [2.24, 2.45) is 0 Å². The van der Waals surface area contributed by atoms with Gasteiger partial charge in [0, 0.05) is 26.2 Å². The van der Waals surface area contributed by atoms with Crippen LogP contribution in [0.5, 0.6) is 0 Å². The van der Waals surface area contributed by atoms with Crippen LogP contribution in [0.4, 0.5) is 0 Å². The molecule has 2 aliphatic heterocycles. The Balaban J connectivity index is 2.00. The van der Waals surface area contributed by atoms with E-state index in [-0.39, 0.29) is 10.8 Å². The maximum Gasteiger partial charge on any atom is 0.0215 e. The van der Waals surface area contributed by atoms with Gasteiger partial charge in [0.25, 0.3) is 0 Å². The van der Waals surface area contributed by atoms with Gasteiger partial charge in [-0.15, -0.1) is 0 Å². The molecule has 0 unspecified atom stereocenters. The van der Waals surface area contributed by atoms with Crippen molar-refractivity contribution in [2.75, 3.05) is 0 Å². The third-order valence-corrected chi connectivity index (χ3v) is 5.85. The molecule has 0 radical (unpaired) electrons. The minimum absolute atomic E-state index is 0.173. The Morgan fingerprint density at radius 1 is 0.538 bits per heavy atom. The molecule has 2 aromatic carbocycles. The van der Waals surface area contributed by atoms with E-state index in [4.69, 9.17) is 0 Å². The minimum Gasteiger partial charge on any atom is -0.309 e. The van der Waals surface area contributed by atoms with Crippen molar-refractivity contribution in [3.63, 3.8) is 0 Å². The van der Waals surface area contributed by atoms with Crippen molar-refractivity contribution in [3.8, 4) is 11.1 Å². The third-order valence-electron chi connectivity index (χ3n) is 5.85. The highest BCUT2D eigenvalue weighted by Gasteiger charge is 2.27. The Bertz CT molecular complexity index is 739. The maximum absolute atomic E-state index is 3.70. The Hall–Kier alpha value is -1.64. The van der Waals surface area contributed by atoms with Gasteiger partial charge in [0.1, 0.15) is 0 Å². The average molecular weight is 349 g/mol. The van der Waals surface area contributed by atoms with Crippen molar-refractivity contribution in [2.45, 2.75) is 78.6 Å². The molecule has 2 nitrogen and oxygen atoms in total. The number of hydrogen-bond donors (Lipinski definition) is 2. The van der Waals surface area contributed by atoms with Crippen molar-refractivity contribution < 1.29 is 0 Å². The zero-order valence-corrected chi connectivity index (χ0v) is 17.1. The third kappa shape index (κ3) is 3.00. The zero-order chi connectivity index (χ0) is 18.7. The van der Waals surface area contributed by atoms with Gasteiger partial charge in [-0.05, 0) is 55.3 Å². The minimum atomic E-state index is 0.173. The quantitative estimate of drug-likeness (QED) is 0.687. The number of rotatable bonds is 0. The molecule has 0 fully saturated rings. The van der Waals surface area contributed by atoms with Gasteiger partial charge in [-0.1, -0.05) is 65.8 Å². The first kappa shape index (κ1) is 17.8. The number of nitrogens with one attached hydrogen (secondary N) is 2. The summed E-state index contributed by atoms with van der Waals surface area (Å²) >= 11 is 0. The molecule has 4 rings (SSSR count). The molecule has 2 heteroatoms. The Labute approximate surface area is 158 Å². The fraction of sp³-hybridized carbons (Fsp3) is 0.500. The van der Waals surface area contributed by atoms with E-state index in [2.05, 4.69) is 76.4 Å². The van der Waals surface area contributed by atoms with Gasteiger partial charge in [-0.25, -0.2) is 0 Å². The molecular formula is C24H32N2. The summed E-state index contributed by atoms with van der Waals surface area (Å²) in [6, 6.07) is 9.75. The molecule has 0 spiro atoms. The van der Waals surface area contributed by atoms with Gasteiger partial charge in [-0.2, -0.15) is 0 Å². The Morgan fingerprint density at radius 2 is 0.808 bits per heavy atom. The van der Waals surface area contributed by atoms with Crippen LogP contribution in [-0.4, -0.2) is 0 Å². The molecule has 26 heavy (non-hydrogen) atoms. The number of benzene rings is 2. The summed E-state index contributed by atoms with van der Waals surface area (Å²) in [7, 11) is 0. The summed E-state index contributed by atoms with van der Waals surface area (Å²) in [5.41, 5.74) is 12.0. The summed E-state index contributed by atoms with van der Waals surface area (Å²) < 4.78 is 0. The lowest BCUT2D eigenvalue weighted by atomic mass is 9.79. The SMILES string of the molecule is CC(C)(C)c1cc2c3c(c1)CNCc1cc(C(C)(C)C)cc(c1-3)CNC2. The molecule has 0 aliphatic carbocycles. The highest BCUT2D eigenvalue weighted by molar-refractivity contribution is 5.79. The molecule has 0 amide bonds.